The van der Waals surface area contributed by atoms with E-state index in [-0.39, 0.29) is 23.8 Å². The van der Waals surface area contributed by atoms with Crippen LogP contribution in [0.25, 0.3) is 0 Å². The fraction of sp³-hybridized carbons (Fsp3) is 0.429. The molecule has 0 aromatic heterocycles. The minimum atomic E-state index is -0.970. The zero-order chi connectivity index (χ0) is 14.6. The van der Waals surface area contributed by atoms with Gasteiger partial charge in [0.1, 0.15) is 11.6 Å². The van der Waals surface area contributed by atoms with Crippen LogP contribution in [0, 0.1) is 5.82 Å². The number of ketones is 1. The van der Waals surface area contributed by atoms with E-state index < -0.39 is 17.6 Å². The van der Waals surface area contributed by atoms with E-state index in [4.69, 9.17) is 4.74 Å². The lowest BCUT2D eigenvalue weighted by molar-refractivity contribution is -0.137. The highest BCUT2D eigenvalue weighted by atomic mass is 19.1. The number of esters is 1. The topological polar surface area (TPSA) is 52.6 Å². The van der Waals surface area contributed by atoms with Crippen molar-refractivity contribution in [3.05, 3.63) is 29.1 Å². The van der Waals surface area contributed by atoms with E-state index in [1.165, 1.54) is 13.2 Å². The van der Waals surface area contributed by atoms with E-state index in [1.807, 2.05) is 0 Å². The largest absolute Gasteiger partial charge is 0.496 e. The first-order chi connectivity index (χ1) is 8.92. The Kier molecular flexibility index (Phi) is 5.03. The van der Waals surface area contributed by atoms with Crippen molar-refractivity contribution in [3.63, 3.8) is 0 Å². The molecule has 0 spiro atoms. The summed E-state index contributed by atoms with van der Waals surface area (Å²) in [5.41, 5.74) is 0.375. The van der Waals surface area contributed by atoms with Crippen LogP contribution in [0.2, 0.25) is 0 Å². The maximum atomic E-state index is 13.8. The molecule has 5 heteroatoms. The number of benzene rings is 1. The van der Waals surface area contributed by atoms with Crippen LogP contribution in [0.5, 0.6) is 5.75 Å². The van der Waals surface area contributed by atoms with E-state index in [0.717, 1.165) is 6.07 Å². The Morgan fingerprint density at radius 2 is 1.95 bits per heavy atom. The highest BCUT2D eigenvalue weighted by Gasteiger charge is 2.24. The summed E-state index contributed by atoms with van der Waals surface area (Å²) in [6.07, 6.45) is 0. The van der Waals surface area contributed by atoms with Gasteiger partial charge < -0.3 is 9.47 Å². The minimum absolute atomic E-state index is 0.0195. The van der Waals surface area contributed by atoms with Crippen molar-refractivity contribution in [1.82, 2.24) is 0 Å². The van der Waals surface area contributed by atoms with Gasteiger partial charge >= 0.3 is 5.97 Å². The van der Waals surface area contributed by atoms with E-state index in [9.17, 15) is 14.0 Å². The molecule has 0 radical (unpaired) electrons. The predicted octanol–water partition coefficient (Wildman–Crippen LogP) is 2.70. The van der Waals surface area contributed by atoms with E-state index in [0.29, 0.717) is 5.56 Å². The molecule has 0 N–H and O–H groups in total. The molecule has 0 unspecified atom stereocenters. The molecule has 4 nitrogen and oxygen atoms in total. The molecule has 0 amide bonds. The van der Waals surface area contributed by atoms with Crippen molar-refractivity contribution < 1.29 is 23.5 Å². The Hall–Kier alpha value is -1.91. The van der Waals surface area contributed by atoms with Gasteiger partial charge in [-0.2, -0.15) is 0 Å². The number of Topliss-reactive ketones (excluding diaryl/α,β-unsaturated/α-hetero) is 1. The third-order valence-electron chi connectivity index (χ3n) is 2.65. The normalized spacial score (nSPS) is 10.4. The molecule has 104 valence electrons. The second-order valence-corrected chi connectivity index (χ2v) is 4.28. The molecule has 0 aliphatic carbocycles. The third kappa shape index (κ3) is 3.30. The molecular weight excluding hydrogens is 251 g/mol. The Labute approximate surface area is 111 Å². The third-order valence-corrected chi connectivity index (χ3v) is 2.65. The lowest BCUT2D eigenvalue weighted by Gasteiger charge is -2.12. The van der Waals surface area contributed by atoms with Gasteiger partial charge in [0.15, 0.2) is 0 Å². The van der Waals surface area contributed by atoms with Gasteiger partial charge in [0.2, 0.25) is 0 Å². The van der Waals surface area contributed by atoms with Gasteiger partial charge in [-0.15, -0.1) is 0 Å². The first kappa shape index (κ1) is 15.1. The van der Waals surface area contributed by atoms with Crippen LogP contribution in [0.3, 0.4) is 0 Å². The van der Waals surface area contributed by atoms with Crippen LogP contribution in [0.4, 0.5) is 4.39 Å². The van der Waals surface area contributed by atoms with Gasteiger partial charge in [-0.25, -0.2) is 9.18 Å². The number of carbonyl (C=O) groups excluding carboxylic acids is 2. The summed E-state index contributed by atoms with van der Waals surface area (Å²) in [7, 11) is 1.31. The molecule has 0 heterocycles. The van der Waals surface area contributed by atoms with Gasteiger partial charge in [0.25, 0.3) is 5.78 Å². The highest BCUT2D eigenvalue weighted by Crippen LogP contribution is 2.28. The Morgan fingerprint density at radius 3 is 2.42 bits per heavy atom. The number of carbonyl (C=O) groups is 2. The molecule has 0 aliphatic rings. The summed E-state index contributed by atoms with van der Waals surface area (Å²) in [6, 6.07) is 2.46. The predicted molar refractivity (Wildman–Crippen MR) is 68.0 cm³/mol. The van der Waals surface area contributed by atoms with E-state index in [1.54, 1.807) is 20.8 Å². The van der Waals surface area contributed by atoms with Crippen molar-refractivity contribution in [3.8, 4) is 5.75 Å². The molecule has 0 saturated carbocycles. The van der Waals surface area contributed by atoms with Gasteiger partial charge in [-0.1, -0.05) is 13.8 Å². The summed E-state index contributed by atoms with van der Waals surface area (Å²) >= 11 is 0. The van der Waals surface area contributed by atoms with Crippen LogP contribution >= 0.6 is 0 Å². The number of rotatable bonds is 5. The number of hydrogen-bond donors (Lipinski definition) is 0. The fourth-order valence-corrected chi connectivity index (χ4v) is 1.67. The monoisotopic (exact) mass is 268 g/mol. The van der Waals surface area contributed by atoms with Gasteiger partial charge in [-0.05, 0) is 24.5 Å². The average Bonchev–Trinajstić information content (AvgIpc) is 2.37. The van der Waals surface area contributed by atoms with E-state index in [2.05, 4.69) is 4.74 Å². The zero-order valence-electron chi connectivity index (χ0n) is 11.5. The van der Waals surface area contributed by atoms with Gasteiger partial charge in [0, 0.05) is 6.07 Å². The lowest BCUT2D eigenvalue weighted by atomic mass is 9.97. The standard InChI is InChI=1S/C14H17FO4/c1-5-19-14(17)13(16)10-6-9(8(2)3)11(15)7-12(10)18-4/h6-8H,5H2,1-4H3. The summed E-state index contributed by atoms with van der Waals surface area (Å²) < 4.78 is 23.4. The van der Waals surface area contributed by atoms with Crippen LogP contribution in [-0.4, -0.2) is 25.5 Å². The van der Waals surface area contributed by atoms with Crippen molar-refractivity contribution in [2.45, 2.75) is 26.7 Å². The smallest absolute Gasteiger partial charge is 0.379 e. The highest BCUT2D eigenvalue weighted by molar-refractivity contribution is 6.41. The van der Waals surface area contributed by atoms with Crippen LogP contribution in [0.1, 0.15) is 42.6 Å². The number of hydrogen-bond acceptors (Lipinski definition) is 4. The Balaban J connectivity index is 3.28. The maximum absolute atomic E-state index is 13.8. The first-order valence-corrected chi connectivity index (χ1v) is 6.01. The molecule has 0 fully saturated rings. The zero-order valence-corrected chi connectivity index (χ0v) is 11.5. The van der Waals surface area contributed by atoms with Crippen molar-refractivity contribution >= 4 is 11.8 Å². The van der Waals surface area contributed by atoms with Crippen LogP contribution in [-0.2, 0) is 9.53 Å². The minimum Gasteiger partial charge on any atom is -0.496 e. The van der Waals surface area contributed by atoms with Crippen molar-refractivity contribution in [2.75, 3.05) is 13.7 Å². The Morgan fingerprint density at radius 1 is 1.32 bits per heavy atom. The summed E-state index contributed by atoms with van der Waals surface area (Å²) in [4.78, 5) is 23.4. The second-order valence-electron chi connectivity index (χ2n) is 4.28. The number of halogens is 1. The molecule has 19 heavy (non-hydrogen) atoms. The molecular formula is C14H17FO4. The van der Waals surface area contributed by atoms with E-state index >= 15 is 0 Å². The molecule has 1 rings (SSSR count). The van der Waals surface area contributed by atoms with Crippen LogP contribution < -0.4 is 4.74 Å². The van der Waals surface area contributed by atoms with Gasteiger partial charge in [-0.3, -0.25) is 4.79 Å². The molecule has 0 aliphatic heterocycles. The van der Waals surface area contributed by atoms with Gasteiger partial charge in [0.05, 0.1) is 19.3 Å². The molecule has 0 bridgehead atoms. The first-order valence-electron chi connectivity index (χ1n) is 6.01. The summed E-state index contributed by atoms with van der Waals surface area (Å²) in [6.45, 7) is 5.30. The van der Waals surface area contributed by atoms with Crippen LogP contribution in [0.15, 0.2) is 12.1 Å². The fourth-order valence-electron chi connectivity index (χ4n) is 1.67. The summed E-state index contributed by atoms with van der Waals surface area (Å²) in [5.74, 6) is -2.35. The van der Waals surface area contributed by atoms with Crippen molar-refractivity contribution in [1.29, 1.82) is 0 Å². The lowest BCUT2D eigenvalue weighted by Crippen LogP contribution is -2.19. The SMILES string of the molecule is CCOC(=O)C(=O)c1cc(C(C)C)c(F)cc1OC. The molecule has 1 aromatic rings. The quantitative estimate of drug-likeness (QED) is 0.468. The second kappa shape index (κ2) is 6.31. The number of ether oxygens (including phenoxy) is 2. The molecule has 0 saturated heterocycles. The molecule has 0 atom stereocenters. The average molecular weight is 268 g/mol. The summed E-state index contributed by atoms with van der Waals surface area (Å²) in [5, 5.41) is 0. The maximum Gasteiger partial charge on any atom is 0.379 e. The molecule has 1 aromatic carbocycles. The number of methoxy groups -OCH3 is 1. The Bertz CT molecular complexity index is 494. The van der Waals surface area contributed by atoms with Crippen molar-refractivity contribution in [2.24, 2.45) is 0 Å².